The van der Waals surface area contributed by atoms with Crippen LogP contribution in [0.1, 0.15) is 52.4 Å². The van der Waals surface area contributed by atoms with Crippen LogP contribution in [0.5, 0.6) is 0 Å². The molecular formula is C16H26N2O. The normalized spacial score (nSPS) is 57.4. The van der Waals surface area contributed by atoms with E-state index in [1.54, 1.807) is 0 Å². The third-order valence-corrected chi connectivity index (χ3v) is 7.48. The summed E-state index contributed by atoms with van der Waals surface area (Å²) < 4.78 is 0. The molecule has 0 aromatic carbocycles. The van der Waals surface area contributed by atoms with Crippen LogP contribution >= 0.6 is 0 Å². The second-order valence-corrected chi connectivity index (χ2v) is 8.89. The fourth-order valence-corrected chi connectivity index (χ4v) is 7.26. The Bertz CT molecular complexity index is 473. The summed E-state index contributed by atoms with van der Waals surface area (Å²) in [6, 6.07) is 0. The predicted octanol–water partition coefficient (Wildman–Crippen LogP) is 2.15. The topological polar surface area (TPSA) is 46.3 Å². The molecule has 2 N–H and O–H groups in total. The van der Waals surface area contributed by atoms with Crippen LogP contribution in [0.25, 0.3) is 0 Å². The summed E-state index contributed by atoms with van der Waals surface area (Å²) in [7, 11) is 2.12. The van der Waals surface area contributed by atoms with Gasteiger partial charge in [-0.05, 0) is 67.7 Å². The van der Waals surface area contributed by atoms with Gasteiger partial charge < -0.3 is 5.73 Å². The van der Waals surface area contributed by atoms with E-state index in [0.29, 0.717) is 22.8 Å². The maximum Gasteiger partial charge on any atom is 0.231 e. The molecule has 4 aliphatic carbocycles. The fourth-order valence-electron chi connectivity index (χ4n) is 7.26. The van der Waals surface area contributed by atoms with Crippen molar-refractivity contribution < 1.29 is 4.79 Å². The summed E-state index contributed by atoms with van der Waals surface area (Å²) in [4.78, 5) is 13.6. The molecule has 19 heavy (non-hydrogen) atoms. The Morgan fingerprint density at radius 2 is 1.95 bits per heavy atom. The predicted molar refractivity (Wildman–Crippen MR) is 74.4 cm³/mol. The molecule has 0 heterocycles. The Balaban J connectivity index is 1.74. The Kier molecular flexibility index (Phi) is 1.94. The van der Waals surface area contributed by atoms with Crippen molar-refractivity contribution in [3.8, 4) is 0 Å². The molecule has 3 bridgehead atoms. The smallest absolute Gasteiger partial charge is 0.231 e. The van der Waals surface area contributed by atoms with Gasteiger partial charge in [-0.15, -0.1) is 0 Å². The molecule has 4 rings (SSSR count). The van der Waals surface area contributed by atoms with Gasteiger partial charge in [0.25, 0.3) is 0 Å². The molecule has 4 saturated carbocycles. The molecule has 0 aliphatic heterocycles. The Labute approximate surface area is 115 Å². The first-order chi connectivity index (χ1) is 8.73. The highest BCUT2D eigenvalue weighted by Gasteiger charge is 2.79. The van der Waals surface area contributed by atoms with Gasteiger partial charge in [-0.2, -0.15) is 0 Å². The quantitative estimate of drug-likeness (QED) is 0.847. The van der Waals surface area contributed by atoms with Gasteiger partial charge in [0.05, 0.1) is 6.54 Å². The second-order valence-electron chi connectivity index (χ2n) is 8.89. The number of rotatable bonds is 3. The van der Waals surface area contributed by atoms with E-state index in [1.165, 1.54) is 38.5 Å². The summed E-state index contributed by atoms with van der Waals surface area (Å²) >= 11 is 0. The van der Waals surface area contributed by atoms with Crippen LogP contribution in [-0.2, 0) is 4.79 Å². The van der Waals surface area contributed by atoms with Gasteiger partial charge >= 0.3 is 0 Å². The van der Waals surface area contributed by atoms with Crippen molar-refractivity contribution in [1.82, 2.24) is 4.90 Å². The van der Waals surface area contributed by atoms with Gasteiger partial charge in [0.15, 0.2) is 0 Å². The molecule has 4 aliphatic rings. The van der Waals surface area contributed by atoms with E-state index in [0.717, 1.165) is 5.92 Å². The van der Waals surface area contributed by atoms with Crippen molar-refractivity contribution in [2.45, 2.75) is 57.9 Å². The zero-order chi connectivity index (χ0) is 13.7. The lowest BCUT2D eigenvalue weighted by atomic mass is 9.47. The maximum absolute atomic E-state index is 11.3. The largest absolute Gasteiger partial charge is 0.369 e. The SMILES string of the molecule is CN(CC(N)=O)C12CC3(C)CC4CC(C)(C1)C4(C3)C2. The Morgan fingerprint density at radius 1 is 1.21 bits per heavy atom. The number of fused-ring (bicyclic) bond motifs is 2. The average molecular weight is 262 g/mol. The average Bonchev–Trinajstić information content (AvgIpc) is 2.51. The third kappa shape index (κ3) is 1.22. The molecule has 5 unspecified atom stereocenters. The number of carbonyl (C=O) groups is 1. The first kappa shape index (κ1) is 12.2. The van der Waals surface area contributed by atoms with Crippen LogP contribution in [0.3, 0.4) is 0 Å². The van der Waals surface area contributed by atoms with E-state index in [2.05, 4.69) is 25.8 Å². The van der Waals surface area contributed by atoms with Crippen LogP contribution in [0.4, 0.5) is 0 Å². The van der Waals surface area contributed by atoms with Crippen molar-refractivity contribution >= 4 is 5.91 Å². The number of nitrogens with zero attached hydrogens (tertiary/aromatic N) is 1. The van der Waals surface area contributed by atoms with Crippen LogP contribution in [0.15, 0.2) is 0 Å². The van der Waals surface area contributed by atoms with Crippen LogP contribution in [0.2, 0.25) is 0 Å². The summed E-state index contributed by atoms with van der Waals surface area (Å²) in [6.45, 7) is 5.43. The van der Waals surface area contributed by atoms with Gasteiger partial charge in [0.2, 0.25) is 5.91 Å². The van der Waals surface area contributed by atoms with Crippen molar-refractivity contribution in [3.05, 3.63) is 0 Å². The molecule has 1 amide bonds. The maximum atomic E-state index is 11.3. The molecule has 0 saturated heterocycles. The molecule has 106 valence electrons. The lowest BCUT2D eigenvalue weighted by molar-refractivity contribution is -0.121. The molecule has 0 radical (unpaired) electrons. The van der Waals surface area contributed by atoms with Crippen LogP contribution in [0, 0.1) is 22.2 Å². The lowest BCUT2D eigenvalue weighted by Gasteiger charge is -2.57. The molecule has 3 heteroatoms. The minimum Gasteiger partial charge on any atom is -0.369 e. The summed E-state index contributed by atoms with van der Waals surface area (Å²) in [5, 5.41) is 0. The van der Waals surface area contributed by atoms with E-state index in [1.807, 2.05) is 0 Å². The molecule has 4 fully saturated rings. The number of amides is 1. The number of hydrogen-bond acceptors (Lipinski definition) is 2. The van der Waals surface area contributed by atoms with Crippen molar-refractivity contribution in [1.29, 1.82) is 0 Å². The van der Waals surface area contributed by atoms with E-state index < -0.39 is 0 Å². The molecule has 3 nitrogen and oxygen atoms in total. The highest BCUT2D eigenvalue weighted by atomic mass is 16.1. The van der Waals surface area contributed by atoms with Gasteiger partial charge in [-0.3, -0.25) is 9.69 Å². The van der Waals surface area contributed by atoms with Crippen molar-refractivity contribution in [2.24, 2.45) is 27.9 Å². The fraction of sp³-hybridized carbons (Fsp3) is 0.938. The Hall–Kier alpha value is -0.570. The number of primary amides is 1. The van der Waals surface area contributed by atoms with E-state index in [9.17, 15) is 4.79 Å². The lowest BCUT2D eigenvalue weighted by Crippen LogP contribution is -2.52. The molecule has 5 atom stereocenters. The minimum absolute atomic E-state index is 0.182. The third-order valence-electron chi connectivity index (χ3n) is 7.48. The van der Waals surface area contributed by atoms with Gasteiger partial charge in [-0.25, -0.2) is 0 Å². The molecule has 0 aromatic rings. The van der Waals surface area contributed by atoms with Crippen LogP contribution < -0.4 is 5.73 Å². The van der Waals surface area contributed by atoms with E-state index in [4.69, 9.17) is 5.73 Å². The van der Waals surface area contributed by atoms with E-state index in [-0.39, 0.29) is 11.4 Å². The molecule has 1 spiro atoms. The van der Waals surface area contributed by atoms with E-state index >= 15 is 0 Å². The van der Waals surface area contributed by atoms with Gasteiger partial charge in [0.1, 0.15) is 0 Å². The number of nitrogens with two attached hydrogens (primary N) is 1. The first-order valence-electron chi connectivity index (χ1n) is 7.72. The molecular weight excluding hydrogens is 236 g/mol. The highest BCUT2D eigenvalue weighted by molar-refractivity contribution is 5.76. The van der Waals surface area contributed by atoms with Gasteiger partial charge in [0, 0.05) is 5.54 Å². The zero-order valence-electron chi connectivity index (χ0n) is 12.5. The van der Waals surface area contributed by atoms with Gasteiger partial charge in [-0.1, -0.05) is 13.8 Å². The summed E-state index contributed by atoms with van der Waals surface area (Å²) in [5.41, 5.74) is 7.35. The first-order valence-corrected chi connectivity index (χ1v) is 7.72. The minimum atomic E-state index is -0.182. The summed E-state index contributed by atoms with van der Waals surface area (Å²) in [5.74, 6) is 0.784. The summed E-state index contributed by atoms with van der Waals surface area (Å²) in [6.07, 6.45) is 8.17. The Morgan fingerprint density at radius 3 is 2.63 bits per heavy atom. The molecule has 0 aromatic heterocycles. The van der Waals surface area contributed by atoms with Crippen molar-refractivity contribution in [2.75, 3.05) is 13.6 Å². The number of likely N-dealkylation sites (N-methyl/N-ethyl adjacent to an activating group) is 1. The standard InChI is InChI=1S/C16H26N2O/c1-13-4-11-5-14(2)9-15(7-13,10-16(11,14)8-13)18(3)6-12(17)19/h11H,4-10H2,1-3H3,(H2,17,19). The monoisotopic (exact) mass is 262 g/mol. The van der Waals surface area contributed by atoms with Crippen LogP contribution in [-0.4, -0.2) is 29.9 Å². The second kappa shape index (κ2) is 3.03. The number of carbonyl (C=O) groups excluding carboxylic acids is 1. The highest BCUT2D eigenvalue weighted by Crippen LogP contribution is 2.85. The number of hydrogen-bond donors (Lipinski definition) is 1. The van der Waals surface area contributed by atoms with Crippen molar-refractivity contribution in [3.63, 3.8) is 0 Å². The zero-order valence-corrected chi connectivity index (χ0v) is 12.5.